The van der Waals surface area contributed by atoms with Gasteiger partial charge in [0, 0.05) is 35.3 Å². The summed E-state index contributed by atoms with van der Waals surface area (Å²) in [5.41, 5.74) is 9.03. The van der Waals surface area contributed by atoms with Crippen LogP contribution in [-0.2, 0) is 4.74 Å². The van der Waals surface area contributed by atoms with E-state index >= 15 is 0 Å². The lowest BCUT2D eigenvalue weighted by Crippen LogP contribution is -2.41. The van der Waals surface area contributed by atoms with Crippen LogP contribution in [0.25, 0.3) is 16.9 Å². The van der Waals surface area contributed by atoms with Crippen LogP contribution in [0.2, 0.25) is 10.0 Å². The summed E-state index contributed by atoms with van der Waals surface area (Å²) in [6, 6.07) is 12.6. The maximum Gasteiger partial charge on any atom is 0.274 e. The average Bonchev–Trinajstić information content (AvgIpc) is 3.14. The molecule has 2 aromatic carbocycles. The number of likely N-dealkylation sites (N-methyl/N-ethyl adjacent to an activating group) is 1. The number of nitrogens with one attached hydrogen (secondary N) is 1. The molecule has 0 aliphatic rings. The van der Waals surface area contributed by atoms with Gasteiger partial charge in [-0.05, 0) is 58.2 Å². The Kier molecular flexibility index (Phi) is 9.04. The Morgan fingerprint density at radius 3 is 2.50 bits per heavy atom. The van der Waals surface area contributed by atoms with Crippen molar-refractivity contribution in [1.82, 2.24) is 20.0 Å². The molecule has 0 atom stereocenters. The van der Waals surface area contributed by atoms with Crippen LogP contribution >= 0.6 is 23.2 Å². The largest absolute Gasteiger partial charge is 0.395 e. The number of hydrogen-bond donors (Lipinski definition) is 2. The second kappa shape index (κ2) is 11.8. The molecule has 0 saturated heterocycles. The molecule has 3 N–H and O–H groups in total. The first-order valence-electron chi connectivity index (χ1n) is 11.4. The molecule has 0 radical (unpaired) electrons. The van der Waals surface area contributed by atoms with Crippen LogP contribution in [0, 0.1) is 11.8 Å². The first-order chi connectivity index (χ1) is 17.0. The number of nitrogens with zero attached hydrogens (tertiary/aromatic N) is 3. The van der Waals surface area contributed by atoms with E-state index < -0.39 is 5.54 Å². The summed E-state index contributed by atoms with van der Waals surface area (Å²) in [4.78, 5) is 15.1. The van der Waals surface area contributed by atoms with Crippen LogP contribution in [0.15, 0.2) is 42.5 Å². The molecule has 0 saturated carbocycles. The highest BCUT2D eigenvalue weighted by molar-refractivity contribution is 6.32. The SMILES string of the molecule is COCCN(C)CC#Cc1ccc(-n2nc(C(=O)NC(C)(C)C)c(N)c2-c2ccc(Cl)cc2)c(Cl)c1. The van der Waals surface area contributed by atoms with Crippen molar-refractivity contribution >= 4 is 34.8 Å². The quantitative estimate of drug-likeness (QED) is 0.427. The summed E-state index contributed by atoms with van der Waals surface area (Å²) in [6.07, 6.45) is 0. The number of amides is 1. The highest BCUT2D eigenvalue weighted by Crippen LogP contribution is 2.34. The van der Waals surface area contributed by atoms with Gasteiger partial charge >= 0.3 is 0 Å². The van der Waals surface area contributed by atoms with Crippen LogP contribution in [-0.4, -0.2) is 60.0 Å². The second-order valence-corrected chi connectivity index (χ2v) is 10.3. The number of carbonyl (C=O) groups is 1. The fourth-order valence-corrected chi connectivity index (χ4v) is 3.80. The molecule has 190 valence electrons. The first-order valence-corrected chi connectivity index (χ1v) is 12.2. The Morgan fingerprint density at radius 2 is 1.89 bits per heavy atom. The maximum atomic E-state index is 13.0. The van der Waals surface area contributed by atoms with E-state index in [2.05, 4.69) is 27.2 Å². The van der Waals surface area contributed by atoms with Gasteiger partial charge in [0.2, 0.25) is 0 Å². The zero-order valence-electron chi connectivity index (χ0n) is 21.2. The monoisotopic (exact) mass is 527 g/mol. The van der Waals surface area contributed by atoms with E-state index in [-0.39, 0.29) is 17.3 Å². The number of benzene rings is 2. The number of ether oxygens (including phenoxy) is 1. The van der Waals surface area contributed by atoms with Gasteiger partial charge < -0.3 is 15.8 Å². The molecule has 0 bridgehead atoms. The van der Waals surface area contributed by atoms with Gasteiger partial charge in [0.1, 0.15) is 0 Å². The Morgan fingerprint density at radius 1 is 1.19 bits per heavy atom. The number of hydrogen-bond acceptors (Lipinski definition) is 5. The molecule has 0 fully saturated rings. The van der Waals surface area contributed by atoms with Crippen molar-refractivity contribution in [3.8, 4) is 28.8 Å². The van der Waals surface area contributed by atoms with Crippen molar-refractivity contribution < 1.29 is 9.53 Å². The summed E-state index contributed by atoms with van der Waals surface area (Å²) in [5, 5.41) is 8.51. The predicted octanol–water partition coefficient (Wildman–Crippen LogP) is 4.89. The molecule has 0 aliphatic carbocycles. The van der Waals surface area contributed by atoms with E-state index in [0.29, 0.717) is 34.6 Å². The zero-order chi connectivity index (χ0) is 26.5. The van der Waals surface area contributed by atoms with E-state index in [9.17, 15) is 4.79 Å². The van der Waals surface area contributed by atoms with Gasteiger partial charge in [-0.2, -0.15) is 5.10 Å². The number of methoxy groups -OCH3 is 1. The molecular formula is C27H31Cl2N5O2. The van der Waals surface area contributed by atoms with Crippen LogP contribution < -0.4 is 11.1 Å². The van der Waals surface area contributed by atoms with E-state index in [1.807, 2.05) is 52.1 Å². The van der Waals surface area contributed by atoms with Crippen LogP contribution in [0.1, 0.15) is 36.8 Å². The lowest BCUT2D eigenvalue weighted by molar-refractivity contribution is 0.0915. The lowest BCUT2D eigenvalue weighted by Gasteiger charge is -2.19. The first kappa shape index (κ1) is 27.6. The van der Waals surface area contributed by atoms with Crippen molar-refractivity contribution in [3.05, 3.63) is 63.8 Å². The molecule has 1 amide bonds. The fourth-order valence-electron chi connectivity index (χ4n) is 3.42. The minimum atomic E-state index is -0.455. The number of halogens is 2. The summed E-state index contributed by atoms with van der Waals surface area (Å²) in [7, 11) is 3.66. The van der Waals surface area contributed by atoms with E-state index in [4.69, 9.17) is 33.7 Å². The topological polar surface area (TPSA) is 85.4 Å². The molecule has 7 nitrogen and oxygen atoms in total. The fraction of sp³-hybridized carbons (Fsp3) is 0.333. The average molecular weight is 528 g/mol. The summed E-state index contributed by atoms with van der Waals surface area (Å²) < 4.78 is 6.68. The summed E-state index contributed by atoms with van der Waals surface area (Å²) >= 11 is 12.8. The van der Waals surface area contributed by atoms with Gasteiger partial charge in [-0.15, -0.1) is 0 Å². The van der Waals surface area contributed by atoms with E-state index in [1.54, 1.807) is 30.0 Å². The number of nitrogen functional groups attached to an aromatic ring is 1. The third-order valence-electron chi connectivity index (χ3n) is 5.18. The summed E-state index contributed by atoms with van der Waals surface area (Å²) in [5.74, 6) is 5.91. The van der Waals surface area contributed by atoms with Crippen LogP contribution in [0.4, 0.5) is 5.69 Å². The van der Waals surface area contributed by atoms with Crippen LogP contribution in [0.5, 0.6) is 0 Å². The predicted molar refractivity (Wildman–Crippen MR) is 147 cm³/mol. The molecule has 9 heteroatoms. The molecular weight excluding hydrogens is 497 g/mol. The zero-order valence-corrected chi connectivity index (χ0v) is 22.7. The van der Waals surface area contributed by atoms with E-state index in [1.165, 1.54) is 0 Å². The van der Waals surface area contributed by atoms with Crippen molar-refractivity contribution in [3.63, 3.8) is 0 Å². The molecule has 0 spiro atoms. The highest BCUT2D eigenvalue weighted by atomic mass is 35.5. The van der Waals surface area contributed by atoms with Gasteiger partial charge in [-0.3, -0.25) is 9.69 Å². The Balaban J connectivity index is 2.01. The maximum absolute atomic E-state index is 13.0. The van der Waals surface area contributed by atoms with Crippen LogP contribution in [0.3, 0.4) is 0 Å². The number of rotatable bonds is 7. The highest BCUT2D eigenvalue weighted by Gasteiger charge is 2.26. The molecule has 36 heavy (non-hydrogen) atoms. The van der Waals surface area contributed by atoms with Gasteiger partial charge in [0.15, 0.2) is 5.69 Å². The van der Waals surface area contributed by atoms with Gasteiger partial charge in [0.25, 0.3) is 5.91 Å². The summed E-state index contributed by atoms with van der Waals surface area (Å²) in [6.45, 7) is 7.73. The minimum Gasteiger partial charge on any atom is -0.395 e. The molecule has 0 unspecified atom stereocenters. The third kappa shape index (κ3) is 7.02. The van der Waals surface area contributed by atoms with Crippen molar-refractivity contribution in [1.29, 1.82) is 0 Å². The lowest BCUT2D eigenvalue weighted by atomic mass is 10.1. The number of aromatic nitrogens is 2. The van der Waals surface area contributed by atoms with Crippen molar-refractivity contribution in [2.75, 3.05) is 39.6 Å². The van der Waals surface area contributed by atoms with Crippen molar-refractivity contribution in [2.45, 2.75) is 26.3 Å². The third-order valence-corrected chi connectivity index (χ3v) is 5.73. The smallest absolute Gasteiger partial charge is 0.274 e. The minimum absolute atomic E-state index is 0.119. The second-order valence-electron chi connectivity index (χ2n) is 9.43. The Labute approximate surface area is 222 Å². The van der Waals surface area contributed by atoms with Crippen molar-refractivity contribution in [2.24, 2.45) is 0 Å². The number of nitrogens with two attached hydrogens (primary N) is 1. The molecule has 3 rings (SSSR count). The van der Waals surface area contributed by atoms with E-state index in [0.717, 1.165) is 17.7 Å². The standard InChI is InChI=1S/C27H31Cl2N5O2/c1-27(2,3)31-26(35)24-23(30)25(19-9-11-20(28)12-10-19)34(32-24)22-13-8-18(17-21(22)29)7-6-14-33(4)15-16-36-5/h8-13,17H,14-16,30H2,1-5H3,(H,31,35). The van der Waals surface area contributed by atoms with Gasteiger partial charge in [0.05, 0.1) is 35.2 Å². The normalized spacial score (nSPS) is 11.3. The number of anilines is 1. The Hall–Kier alpha value is -3.02. The van der Waals surface area contributed by atoms with Gasteiger partial charge in [-0.25, -0.2) is 4.68 Å². The molecule has 1 aromatic heterocycles. The molecule has 3 aromatic rings. The molecule has 0 aliphatic heterocycles. The van der Waals surface area contributed by atoms with Gasteiger partial charge in [-0.1, -0.05) is 47.2 Å². The molecule has 1 heterocycles. The number of carbonyl (C=O) groups excluding carboxylic acids is 1. The Bertz CT molecular complexity index is 1280.